The van der Waals surface area contributed by atoms with Crippen LogP contribution in [0.4, 0.5) is 0 Å². The largest absolute Gasteiger partial charge is 0.394 e. The number of carbonyl (C=O) groups is 1. The minimum Gasteiger partial charge on any atom is -0.394 e. The first-order chi connectivity index (χ1) is 16.9. The number of ether oxygens (including phenoxy) is 4. The van der Waals surface area contributed by atoms with E-state index in [-0.39, 0.29) is 0 Å². The zero-order valence-corrected chi connectivity index (χ0v) is 19.7. The number of hydrogen-bond donors (Lipinski definition) is 11. The monoisotopic (exact) mass is 531 g/mol. The molecule has 0 aromatic carbocycles. The summed E-state index contributed by atoms with van der Waals surface area (Å²) in [7, 11) is 0. The lowest BCUT2D eigenvalue weighted by atomic mass is 9.95. The molecule has 2 fully saturated rings. The van der Waals surface area contributed by atoms with Crippen LogP contribution >= 0.6 is 0 Å². The predicted molar refractivity (Wildman–Crippen MR) is 114 cm³/mol. The molecule has 0 unspecified atom stereocenters. The van der Waals surface area contributed by atoms with Gasteiger partial charge in [-0.25, -0.2) is 0 Å². The summed E-state index contributed by atoms with van der Waals surface area (Å²) in [5.41, 5.74) is 0. The highest BCUT2D eigenvalue weighted by molar-refractivity contribution is 5.73. The Morgan fingerprint density at radius 2 is 1.53 bits per heavy atom. The van der Waals surface area contributed by atoms with Crippen LogP contribution in [0.25, 0.3) is 0 Å². The molecule has 2 heterocycles. The van der Waals surface area contributed by atoms with Crippen LogP contribution in [0, 0.1) is 0 Å². The van der Waals surface area contributed by atoms with Gasteiger partial charge in [-0.2, -0.15) is 0 Å². The summed E-state index contributed by atoms with van der Waals surface area (Å²) in [5.74, 6) is -0.675. The summed E-state index contributed by atoms with van der Waals surface area (Å²) < 4.78 is 22.1. The molecule has 2 saturated heterocycles. The standard InChI is InChI=1S/C20H37NO15/c1-6-12(27)16(31)17(32)20(33-6)36-18-11(21-7(2)25)19(35-10(5-24)15(18)30)34-9(4-23)14(29)13(28)8(26)3-22/h6,8-20,22-24,26-32H,3-5H2,1-2H3,(H,21,25)/t6-,8+,9+,10+,11+,12+,13+,14+,15+,16+,17-,18+,19+,20-/m0/s1. The molecule has 16 heteroatoms. The van der Waals surface area contributed by atoms with Crippen molar-refractivity contribution in [2.24, 2.45) is 0 Å². The van der Waals surface area contributed by atoms with Crippen LogP contribution in [-0.2, 0) is 23.7 Å². The first-order valence-corrected chi connectivity index (χ1v) is 11.4. The Bertz CT molecular complexity index is 687. The van der Waals surface area contributed by atoms with Gasteiger partial charge in [-0.05, 0) is 6.92 Å². The molecule has 0 bridgehead atoms. The van der Waals surface area contributed by atoms with Gasteiger partial charge in [0.2, 0.25) is 5.91 Å². The van der Waals surface area contributed by atoms with Gasteiger partial charge >= 0.3 is 0 Å². The van der Waals surface area contributed by atoms with Gasteiger partial charge in [0.25, 0.3) is 0 Å². The van der Waals surface area contributed by atoms with E-state index in [9.17, 15) is 50.8 Å². The summed E-state index contributed by atoms with van der Waals surface area (Å²) in [6.07, 6.45) is -21.2. The fraction of sp³-hybridized carbons (Fsp3) is 0.950. The molecule has 0 aliphatic carbocycles. The molecule has 11 N–H and O–H groups in total. The predicted octanol–water partition coefficient (Wildman–Crippen LogP) is -6.77. The van der Waals surface area contributed by atoms with Crippen LogP contribution in [-0.4, -0.2) is 163 Å². The van der Waals surface area contributed by atoms with E-state index in [1.807, 2.05) is 0 Å². The first-order valence-electron chi connectivity index (χ1n) is 11.4. The Hall–Kier alpha value is -1.09. The van der Waals surface area contributed by atoms with Crippen molar-refractivity contribution < 1.29 is 74.8 Å². The van der Waals surface area contributed by atoms with Crippen LogP contribution in [0.2, 0.25) is 0 Å². The lowest BCUT2D eigenvalue weighted by molar-refractivity contribution is -0.347. The van der Waals surface area contributed by atoms with Crippen LogP contribution < -0.4 is 5.32 Å². The van der Waals surface area contributed by atoms with Gasteiger partial charge in [0.15, 0.2) is 12.6 Å². The van der Waals surface area contributed by atoms with E-state index in [2.05, 4.69) is 5.32 Å². The number of hydrogen-bond acceptors (Lipinski definition) is 15. The zero-order valence-electron chi connectivity index (χ0n) is 19.7. The van der Waals surface area contributed by atoms with Gasteiger partial charge in [0.1, 0.15) is 67.1 Å². The minimum absolute atomic E-state index is 0.675. The number of rotatable bonds is 11. The normalized spacial score (nSPS) is 40.8. The van der Waals surface area contributed by atoms with Crippen LogP contribution in [0.1, 0.15) is 13.8 Å². The highest BCUT2D eigenvalue weighted by atomic mass is 16.7. The molecular formula is C20H37NO15. The number of carbonyl (C=O) groups excluding carboxylic acids is 1. The van der Waals surface area contributed by atoms with Gasteiger partial charge in [0.05, 0.1) is 25.9 Å². The minimum atomic E-state index is -1.96. The van der Waals surface area contributed by atoms with Crippen molar-refractivity contribution in [1.82, 2.24) is 5.32 Å². The van der Waals surface area contributed by atoms with Gasteiger partial charge in [0, 0.05) is 6.92 Å². The summed E-state index contributed by atoms with van der Waals surface area (Å²) in [6.45, 7) is -0.150. The second-order valence-corrected chi connectivity index (χ2v) is 8.81. The summed E-state index contributed by atoms with van der Waals surface area (Å²) >= 11 is 0. The molecule has 36 heavy (non-hydrogen) atoms. The fourth-order valence-electron chi connectivity index (χ4n) is 3.97. The Kier molecular flexibility index (Phi) is 11.8. The van der Waals surface area contributed by atoms with Gasteiger partial charge in [-0.3, -0.25) is 4.79 Å². The molecule has 0 spiro atoms. The maximum absolute atomic E-state index is 11.9. The molecule has 14 atom stereocenters. The number of nitrogens with one attached hydrogen (secondary N) is 1. The lowest BCUT2D eigenvalue weighted by Gasteiger charge is -2.48. The first kappa shape index (κ1) is 31.1. The van der Waals surface area contributed by atoms with Crippen molar-refractivity contribution in [2.45, 2.75) is 99.6 Å². The summed E-state index contributed by atoms with van der Waals surface area (Å²) in [5, 5.41) is 102. The van der Waals surface area contributed by atoms with E-state index in [1.165, 1.54) is 6.92 Å². The van der Waals surface area contributed by atoms with Crippen molar-refractivity contribution in [1.29, 1.82) is 0 Å². The van der Waals surface area contributed by atoms with E-state index < -0.39 is 111 Å². The van der Waals surface area contributed by atoms with Crippen molar-refractivity contribution in [2.75, 3.05) is 19.8 Å². The second-order valence-electron chi connectivity index (χ2n) is 8.81. The van der Waals surface area contributed by atoms with E-state index >= 15 is 0 Å². The fourth-order valence-corrected chi connectivity index (χ4v) is 3.97. The van der Waals surface area contributed by atoms with Crippen LogP contribution in [0.15, 0.2) is 0 Å². The molecule has 212 valence electrons. The van der Waals surface area contributed by atoms with E-state index in [1.54, 1.807) is 0 Å². The molecule has 0 saturated carbocycles. The molecule has 2 rings (SSSR count). The van der Waals surface area contributed by atoms with Crippen molar-refractivity contribution >= 4 is 5.91 Å². The van der Waals surface area contributed by atoms with Gasteiger partial charge < -0.3 is 75.3 Å². The third-order valence-electron chi connectivity index (χ3n) is 6.12. The SMILES string of the molecule is CC(=O)N[C@H]1[C@H](O[C@H](CO)[C@@H](O)[C@H](O)[C@H](O)CO)O[C@H](CO)[C@@H](O)[C@@H]1O[C@@H]1O[C@@H](C)[C@@H](O)[C@@H](O)[C@@H]1O. The third-order valence-corrected chi connectivity index (χ3v) is 6.12. The molecular weight excluding hydrogens is 494 g/mol. The van der Waals surface area contributed by atoms with Crippen molar-refractivity contribution in [3.63, 3.8) is 0 Å². The Balaban J connectivity index is 2.33. The Morgan fingerprint density at radius 3 is 2.06 bits per heavy atom. The number of amides is 1. The van der Waals surface area contributed by atoms with E-state index in [4.69, 9.17) is 24.1 Å². The summed E-state index contributed by atoms with van der Waals surface area (Å²) in [6, 6.07) is -1.43. The maximum atomic E-state index is 11.9. The maximum Gasteiger partial charge on any atom is 0.217 e. The molecule has 1 amide bonds. The summed E-state index contributed by atoms with van der Waals surface area (Å²) in [4.78, 5) is 11.9. The number of aliphatic hydroxyl groups is 10. The molecule has 2 aliphatic rings. The molecule has 16 nitrogen and oxygen atoms in total. The van der Waals surface area contributed by atoms with Gasteiger partial charge in [-0.15, -0.1) is 0 Å². The average molecular weight is 532 g/mol. The quantitative estimate of drug-likeness (QED) is 0.118. The Morgan fingerprint density at radius 1 is 0.889 bits per heavy atom. The van der Waals surface area contributed by atoms with E-state index in [0.717, 1.165) is 6.92 Å². The lowest BCUT2D eigenvalue weighted by Crippen LogP contribution is -2.68. The molecule has 0 radical (unpaired) electrons. The molecule has 0 aromatic rings. The highest BCUT2D eigenvalue weighted by Crippen LogP contribution is 2.30. The third kappa shape index (κ3) is 7.06. The topological polar surface area (TPSA) is 268 Å². The Labute approximate surface area is 206 Å². The van der Waals surface area contributed by atoms with Crippen molar-refractivity contribution in [3.8, 4) is 0 Å². The highest BCUT2D eigenvalue weighted by Gasteiger charge is 2.52. The van der Waals surface area contributed by atoms with Crippen molar-refractivity contribution in [3.05, 3.63) is 0 Å². The average Bonchev–Trinajstić information content (AvgIpc) is 2.85. The van der Waals surface area contributed by atoms with Crippen LogP contribution in [0.3, 0.4) is 0 Å². The molecule has 2 aliphatic heterocycles. The zero-order chi connectivity index (χ0) is 27.3. The molecule has 0 aromatic heterocycles. The number of aliphatic hydroxyl groups excluding tert-OH is 10. The van der Waals surface area contributed by atoms with E-state index in [0.29, 0.717) is 0 Å². The second kappa shape index (κ2) is 13.6. The smallest absolute Gasteiger partial charge is 0.217 e. The van der Waals surface area contributed by atoms with Gasteiger partial charge in [-0.1, -0.05) is 0 Å². The van der Waals surface area contributed by atoms with Crippen LogP contribution in [0.5, 0.6) is 0 Å².